The minimum Gasteiger partial charge on any atom is -0.395 e. The predicted molar refractivity (Wildman–Crippen MR) is 115 cm³/mol. The molecule has 0 bridgehead atoms. The van der Waals surface area contributed by atoms with Gasteiger partial charge in [-0.1, -0.05) is 30.7 Å². The molecule has 0 heterocycles. The first kappa shape index (κ1) is 21.4. The molecule has 6 atom stereocenters. The molecule has 0 saturated heterocycles. The lowest BCUT2D eigenvalue weighted by molar-refractivity contribution is -0.0362. The molecule has 4 aliphatic rings. The van der Waals surface area contributed by atoms with E-state index in [1.165, 1.54) is 37.8 Å². The summed E-state index contributed by atoms with van der Waals surface area (Å²) < 4.78 is 5.99. The molecule has 0 aromatic heterocycles. The van der Waals surface area contributed by atoms with Crippen LogP contribution in [0.4, 0.5) is 0 Å². The number of allylic oxidation sites excluding steroid dienone is 1. The molecule has 0 amide bonds. The van der Waals surface area contributed by atoms with Crippen LogP contribution in [0.25, 0.3) is 0 Å². The van der Waals surface area contributed by atoms with Gasteiger partial charge in [-0.3, -0.25) is 0 Å². The molecule has 3 fully saturated rings. The van der Waals surface area contributed by atoms with Crippen molar-refractivity contribution in [3.8, 4) is 12.1 Å². The smallest absolute Gasteiger partial charge is 0.130 e. The fraction of sp³-hybridized carbons (Fsp3) is 0.800. The monoisotopic (exact) mass is 409 g/mol. The van der Waals surface area contributed by atoms with Gasteiger partial charge in [0.2, 0.25) is 0 Å². The Hall–Kier alpha value is -1.85. The van der Waals surface area contributed by atoms with Crippen molar-refractivity contribution in [3.63, 3.8) is 0 Å². The van der Waals surface area contributed by atoms with E-state index in [0.29, 0.717) is 43.5 Å². The lowest BCUT2D eigenvalue weighted by Crippen LogP contribution is -2.50. The van der Waals surface area contributed by atoms with Gasteiger partial charge in [-0.2, -0.15) is 10.5 Å². The number of hydrogen-bond donors (Lipinski definition) is 0. The molecule has 5 heteroatoms. The number of oxime groups is 1. The van der Waals surface area contributed by atoms with Crippen LogP contribution in [0.15, 0.2) is 16.8 Å². The predicted octanol–water partition coefficient (Wildman–Crippen LogP) is 5.53. The third-order valence-electron chi connectivity index (χ3n) is 8.85. The van der Waals surface area contributed by atoms with E-state index >= 15 is 0 Å². The summed E-state index contributed by atoms with van der Waals surface area (Å²) >= 11 is 0. The van der Waals surface area contributed by atoms with Gasteiger partial charge < -0.3 is 9.57 Å². The average molecular weight is 410 g/mol. The maximum atomic E-state index is 8.77. The fourth-order valence-electron chi connectivity index (χ4n) is 7.19. The van der Waals surface area contributed by atoms with Gasteiger partial charge in [0.05, 0.1) is 43.4 Å². The van der Waals surface area contributed by atoms with Crippen LogP contribution in [0.3, 0.4) is 0 Å². The summed E-state index contributed by atoms with van der Waals surface area (Å²) in [6.45, 7) is 5.89. The van der Waals surface area contributed by atoms with E-state index in [1.54, 1.807) is 5.57 Å². The lowest BCUT2D eigenvalue weighted by atomic mass is 9.48. The first-order valence-corrected chi connectivity index (χ1v) is 11.8. The second-order valence-corrected chi connectivity index (χ2v) is 10.2. The molecule has 0 spiro atoms. The van der Waals surface area contributed by atoms with E-state index in [9.17, 15) is 0 Å². The van der Waals surface area contributed by atoms with Crippen LogP contribution < -0.4 is 0 Å². The highest BCUT2D eigenvalue weighted by atomic mass is 16.6. The van der Waals surface area contributed by atoms with E-state index in [-0.39, 0.29) is 5.41 Å². The maximum absolute atomic E-state index is 8.77. The molecule has 2 unspecified atom stereocenters. The molecule has 0 radical (unpaired) electrons. The Labute approximate surface area is 181 Å². The number of fused-ring (bicyclic) bond motifs is 5. The second kappa shape index (κ2) is 8.72. The summed E-state index contributed by atoms with van der Waals surface area (Å²) in [5, 5.41) is 22.0. The van der Waals surface area contributed by atoms with Crippen LogP contribution in [0.5, 0.6) is 0 Å². The third kappa shape index (κ3) is 3.67. The van der Waals surface area contributed by atoms with Crippen molar-refractivity contribution >= 4 is 5.71 Å². The van der Waals surface area contributed by atoms with Gasteiger partial charge in [0, 0.05) is 5.41 Å². The molecule has 0 aliphatic heterocycles. The van der Waals surface area contributed by atoms with E-state index < -0.39 is 0 Å². The summed E-state index contributed by atoms with van der Waals surface area (Å²) in [5.74, 6) is 2.18. The SMILES string of the molecule is C[C@]12CC[C@H](OCCC#N)CC1=CC[C@@H]1C2CC[C@]2(C)/C(=N/OCCC#N)CCC12. The van der Waals surface area contributed by atoms with Gasteiger partial charge in [-0.25, -0.2) is 0 Å². The van der Waals surface area contributed by atoms with E-state index in [4.69, 9.17) is 20.1 Å². The third-order valence-corrected chi connectivity index (χ3v) is 8.85. The Morgan fingerprint density at radius 1 is 1.03 bits per heavy atom. The Morgan fingerprint density at radius 2 is 1.77 bits per heavy atom. The summed E-state index contributed by atoms with van der Waals surface area (Å²) in [4.78, 5) is 5.49. The van der Waals surface area contributed by atoms with Crippen molar-refractivity contribution in [3.05, 3.63) is 11.6 Å². The molecule has 4 aliphatic carbocycles. The Balaban J connectivity index is 1.47. The van der Waals surface area contributed by atoms with Crippen molar-refractivity contribution in [1.82, 2.24) is 0 Å². The minimum atomic E-state index is 0.160. The van der Waals surface area contributed by atoms with E-state index in [0.717, 1.165) is 31.1 Å². The van der Waals surface area contributed by atoms with Crippen molar-refractivity contribution in [2.45, 2.75) is 84.2 Å². The minimum absolute atomic E-state index is 0.160. The van der Waals surface area contributed by atoms with Gasteiger partial charge in [0.15, 0.2) is 0 Å². The Bertz CT molecular complexity index is 791. The topological polar surface area (TPSA) is 78.4 Å². The Kier molecular flexibility index (Phi) is 6.21. The van der Waals surface area contributed by atoms with Crippen LogP contribution >= 0.6 is 0 Å². The molecular formula is C25H35N3O2. The summed E-state index contributed by atoms with van der Waals surface area (Å²) in [6.07, 6.45) is 13.0. The van der Waals surface area contributed by atoms with Crippen molar-refractivity contribution in [2.24, 2.45) is 33.7 Å². The highest BCUT2D eigenvalue weighted by Crippen LogP contribution is 2.64. The molecule has 162 valence electrons. The van der Waals surface area contributed by atoms with Crippen LogP contribution in [0.2, 0.25) is 0 Å². The molecule has 0 aromatic rings. The standard InChI is InChI=1S/C25H35N3O2/c1-24-11-9-19(29-15-3-13-26)17-18(24)5-6-20-21-7-8-23(28-30-16-4-14-27)25(21,2)12-10-22(20)24/h5,19-22H,3-4,6-12,15-17H2,1-2H3/b28-23+/t19-,20-,21?,22?,24-,25-/m0/s1. The van der Waals surface area contributed by atoms with Crippen molar-refractivity contribution in [2.75, 3.05) is 13.2 Å². The summed E-state index contributed by atoms with van der Waals surface area (Å²) in [5.41, 5.74) is 3.32. The molecule has 4 rings (SSSR count). The normalized spacial score (nSPS) is 41.1. The van der Waals surface area contributed by atoms with Gasteiger partial charge in [0.25, 0.3) is 0 Å². The molecular weight excluding hydrogens is 374 g/mol. The highest BCUT2D eigenvalue weighted by Gasteiger charge is 2.58. The fourth-order valence-corrected chi connectivity index (χ4v) is 7.19. The van der Waals surface area contributed by atoms with Gasteiger partial charge >= 0.3 is 0 Å². The van der Waals surface area contributed by atoms with E-state index in [2.05, 4.69) is 37.2 Å². The zero-order valence-electron chi connectivity index (χ0n) is 18.5. The number of nitrogens with zero attached hydrogens (tertiary/aromatic N) is 3. The Morgan fingerprint density at radius 3 is 2.57 bits per heavy atom. The van der Waals surface area contributed by atoms with Crippen LogP contribution in [0.1, 0.15) is 78.1 Å². The van der Waals surface area contributed by atoms with E-state index in [1.807, 2.05) is 0 Å². The number of ether oxygens (including phenoxy) is 1. The summed E-state index contributed by atoms with van der Waals surface area (Å²) in [6, 6.07) is 4.30. The zero-order valence-corrected chi connectivity index (χ0v) is 18.5. The summed E-state index contributed by atoms with van der Waals surface area (Å²) in [7, 11) is 0. The highest BCUT2D eigenvalue weighted by molar-refractivity contribution is 5.92. The zero-order chi connectivity index (χ0) is 21.2. The first-order chi connectivity index (χ1) is 14.5. The largest absolute Gasteiger partial charge is 0.395 e. The maximum Gasteiger partial charge on any atom is 0.130 e. The second-order valence-electron chi connectivity index (χ2n) is 10.2. The van der Waals surface area contributed by atoms with Gasteiger partial charge in [0.1, 0.15) is 6.61 Å². The molecule has 30 heavy (non-hydrogen) atoms. The van der Waals surface area contributed by atoms with Crippen LogP contribution in [-0.4, -0.2) is 25.0 Å². The number of rotatable bonds is 6. The average Bonchev–Trinajstić information content (AvgIpc) is 3.08. The van der Waals surface area contributed by atoms with Crippen molar-refractivity contribution in [1.29, 1.82) is 10.5 Å². The number of hydrogen-bond acceptors (Lipinski definition) is 5. The quantitative estimate of drug-likeness (QED) is 0.328. The molecule has 0 aromatic carbocycles. The van der Waals surface area contributed by atoms with Gasteiger partial charge in [-0.15, -0.1) is 0 Å². The van der Waals surface area contributed by atoms with Crippen molar-refractivity contribution < 1.29 is 9.57 Å². The first-order valence-electron chi connectivity index (χ1n) is 11.8. The van der Waals surface area contributed by atoms with Crippen LogP contribution in [0, 0.1) is 51.2 Å². The molecule has 0 N–H and O–H groups in total. The lowest BCUT2D eigenvalue weighted by Gasteiger charge is -2.57. The van der Waals surface area contributed by atoms with Crippen LogP contribution in [-0.2, 0) is 9.57 Å². The number of nitriles is 2. The molecule has 5 nitrogen and oxygen atoms in total. The van der Waals surface area contributed by atoms with Gasteiger partial charge in [-0.05, 0) is 74.5 Å². The molecule has 3 saturated carbocycles.